The first-order valence-corrected chi connectivity index (χ1v) is 7.63. The number of amides is 2. The van der Waals surface area contributed by atoms with Crippen LogP contribution in [0.5, 0.6) is 5.75 Å². The number of hydrogen-bond acceptors (Lipinski definition) is 4. The second-order valence-electron chi connectivity index (χ2n) is 5.12. The van der Waals surface area contributed by atoms with Crippen molar-refractivity contribution in [2.24, 2.45) is 0 Å². The first kappa shape index (κ1) is 18.3. The minimum atomic E-state index is -0.700. The minimum Gasteiger partial charge on any atom is -0.488 e. The van der Waals surface area contributed by atoms with Gasteiger partial charge in [0.2, 0.25) is 5.91 Å². The number of methoxy groups -OCH3 is 1. The number of halogens is 1. The van der Waals surface area contributed by atoms with Gasteiger partial charge in [-0.05, 0) is 17.7 Å². The average molecular weight is 346 g/mol. The van der Waals surface area contributed by atoms with Crippen molar-refractivity contribution in [3.63, 3.8) is 0 Å². The van der Waals surface area contributed by atoms with Gasteiger partial charge in [-0.1, -0.05) is 42.5 Å². The molecular weight excluding hydrogens is 327 g/mol. The maximum absolute atomic E-state index is 13.7. The molecule has 25 heavy (non-hydrogen) atoms. The van der Waals surface area contributed by atoms with Crippen molar-refractivity contribution in [1.82, 2.24) is 10.6 Å². The quantitative estimate of drug-likeness (QED) is 0.807. The van der Waals surface area contributed by atoms with Crippen molar-refractivity contribution in [2.75, 3.05) is 20.3 Å². The summed E-state index contributed by atoms with van der Waals surface area (Å²) in [5.74, 6) is -0.797. The molecule has 2 N–H and O–H groups in total. The van der Waals surface area contributed by atoms with Crippen LogP contribution >= 0.6 is 0 Å². The molecule has 0 unspecified atom stereocenters. The molecule has 0 bridgehead atoms. The Bertz CT molecular complexity index is 709. The molecule has 0 saturated carbocycles. The lowest BCUT2D eigenvalue weighted by Gasteiger charge is -2.20. The molecule has 2 rings (SSSR count). The molecule has 2 amide bonds. The largest absolute Gasteiger partial charge is 0.488 e. The number of alkyl carbamates (subject to hydrolysis) is 1. The molecule has 0 aromatic heterocycles. The monoisotopic (exact) mass is 346 g/mol. The van der Waals surface area contributed by atoms with E-state index >= 15 is 0 Å². The highest BCUT2D eigenvalue weighted by Crippen LogP contribution is 2.19. The SMILES string of the molecule is COC(=O)NCC(=O)N[C@@H](COc1ccccc1F)c1ccccc1. The average Bonchev–Trinajstić information content (AvgIpc) is 2.65. The molecule has 0 radical (unpaired) electrons. The van der Waals surface area contributed by atoms with Gasteiger partial charge in [-0.15, -0.1) is 0 Å². The van der Waals surface area contributed by atoms with E-state index in [-0.39, 0.29) is 18.9 Å². The molecule has 0 aliphatic rings. The summed E-state index contributed by atoms with van der Waals surface area (Å²) in [4.78, 5) is 23.1. The highest BCUT2D eigenvalue weighted by molar-refractivity contribution is 5.82. The third-order valence-corrected chi connectivity index (χ3v) is 3.36. The molecular formula is C18H19FN2O4. The van der Waals surface area contributed by atoms with Gasteiger partial charge in [0.1, 0.15) is 13.2 Å². The van der Waals surface area contributed by atoms with Crippen molar-refractivity contribution in [2.45, 2.75) is 6.04 Å². The maximum Gasteiger partial charge on any atom is 0.407 e. The Labute approximate surface area is 144 Å². The van der Waals surface area contributed by atoms with Crippen molar-refractivity contribution in [3.05, 3.63) is 66.0 Å². The number of para-hydroxylation sites is 1. The predicted octanol–water partition coefficient (Wildman–Crippen LogP) is 2.42. The van der Waals surface area contributed by atoms with Crippen molar-refractivity contribution >= 4 is 12.0 Å². The lowest BCUT2D eigenvalue weighted by molar-refractivity contribution is -0.121. The summed E-state index contributed by atoms with van der Waals surface area (Å²) in [6.07, 6.45) is -0.700. The number of nitrogens with one attached hydrogen (secondary N) is 2. The number of hydrogen-bond donors (Lipinski definition) is 2. The molecule has 6 nitrogen and oxygen atoms in total. The third kappa shape index (κ3) is 5.80. The van der Waals surface area contributed by atoms with Crippen LogP contribution in [0.15, 0.2) is 54.6 Å². The van der Waals surface area contributed by atoms with Gasteiger partial charge < -0.3 is 20.1 Å². The second-order valence-corrected chi connectivity index (χ2v) is 5.12. The number of carbonyl (C=O) groups excluding carboxylic acids is 2. The molecule has 0 fully saturated rings. The summed E-state index contributed by atoms with van der Waals surface area (Å²) in [7, 11) is 1.21. The fourth-order valence-corrected chi connectivity index (χ4v) is 2.11. The van der Waals surface area contributed by atoms with E-state index in [1.807, 2.05) is 30.3 Å². The van der Waals surface area contributed by atoms with Crippen LogP contribution in [-0.2, 0) is 9.53 Å². The van der Waals surface area contributed by atoms with Gasteiger partial charge >= 0.3 is 6.09 Å². The van der Waals surface area contributed by atoms with Crippen LogP contribution in [0.4, 0.5) is 9.18 Å². The number of benzene rings is 2. The highest BCUT2D eigenvalue weighted by Gasteiger charge is 2.17. The molecule has 0 saturated heterocycles. The molecule has 7 heteroatoms. The summed E-state index contributed by atoms with van der Waals surface area (Å²) in [5.41, 5.74) is 0.797. The van der Waals surface area contributed by atoms with E-state index in [1.54, 1.807) is 12.1 Å². The van der Waals surface area contributed by atoms with Crippen LogP contribution in [0, 0.1) is 5.82 Å². The lowest BCUT2D eigenvalue weighted by Crippen LogP contribution is -2.40. The van der Waals surface area contributed by atoms with Gasteiger partial charge in [-0.25, -0.2) is 9.18 Å². The van der Waals surface area contributed by atoms with Crippen LogP contribution in [0.2, 0.25) is 0 Å². The van der Waals surface area contributed by atoms with Gasteiger partial charge in [0, 0.05) is 0 Å². The van der Waals surface area contributed by atoms with Gasteiger partial charge in [-0.3, -0.25) is 4.79 Å². The van der Waals surface area contributed by atoms with Crippen LogP contribution < -0.4 is 15.4 Å². The molecule has 1 atom stereocenters. The van der Waals surface area contributed by atoms with Crippen molar-refractivity contribution in [3.8, 4) is 5.75 Å². The molecule has 0 aliphatic carbocycles. The van der Waals surface area contributed by atoms with Crippen molar-refractivity contribution in [1.29, 1.82) is 0 Å². The van der Waals surface area contributed by atoms with Gasteiger partial charge in [-0.2, -0.15) is 0 Å². The van der Waals surface area contributed by atoms with E-state index in [2.05, 4.69) is 15.4 Å². The number of rotatable bonds is 7. The van der Waals surface area contributed by atoms with E-state index in [0.717, 1.165) is 5.56 Å². The predicted molar refractivity (Wildman–Crippen MR) is 89.6 cm³/mol. The fraction of sp³-hybridized carbons (Fsp3) is 0.222. The first-order chi connectivity index (χ1) is 12.1. The van der Waals surface area contributed by atoms with Crippen LogP contribution in [0.25, 0.3) is 0 Å². The topological polar surface area (TPSA) is 76.7 Å². The summed E-state index contributed by atoms with van der Waals surface area (Å²) < 4.78 is 23.6. The zero-order chi connectivity index (χ0) is 18.1. The van der Waals surface area contributed by atoms with E-state index in [4.69, 9.17) is 4.74 Å². The highest BCUT2D eigenvalue weighted by atomic mass is 19.1. The Kier molecular flexibility index (Phi) is 6.76. The zero-order valence-electron chi connectivity index (χ0n) is 13.7. The Hall–Kier alpha value is -3.09. The van der Waals surface area contributed by atoms with E-state index in [0.29, 0.717) is 0 Å². The van der Waals surface area contributed by atoms with Crippen LogP contribution in [0.1, 0.15) is 11.6 Å². The first-order valence-electron chi connectivity index (χ1n) is 7.63. The Morgan fingerprint density at radius 2 is 1.76 bits per heavy atom. The molecule has 0 heterocycles. The van der Waals surface area contributed by atoms with Crippen molar-refractivity contribution < 1.29 is 23.5 Å². The second kappa shape index (κ2) is 9.27. The summed E-state index contributed by atoms with van der Waals surface area (Å²) in [6, 6.07) is 14.7. The third-order valence-electron chi connectivity index (χ3n) is 3.36. The van der Waals surface area contributed by atoms with Gasteiger partial charge in [0.05, 0.1) is 13.2 Å². The summed E-state index contributed by atoms with van der Waals surface area (Å²) in [6.45, 7) is -0.204. The van der Waals surface area contributed by atoms with E-state index < -0.39 is 23.9 Å². The minimum absolute atomic E-state index is 0.0366. The molecule has 2 aromatic carbocycles. The number of ether oxygens (including phenoxy) is 2. The Morgan fingerprint density at radius 1 is 1.08 bits per heavy atom. The molecule has 2 aromatic rings. The fourth-order valence-electron chi connectivity index (χ4n) is 2.11. The summed E-state index contributed by atoms with van der Waals surface area (Å²) in [5, 5.41) is 5.04. The van der Waals surface area contributed by atoms with Crippen LogP contribution in [0.3, 0.4) is 0 Å². The Balaban J connectivity index is 2.02. The molecule has 132 valence electrons. The Morgan fingerprint density at radius 3 is 2.44 bits per heavy atom. The van der Waals surface area contributed by atoms with Gasteiger partial charge in [0.15, 0.2) is 11.6 Å². The standard InChI is InChI=1S/C18H19FN2O4/c1-24-18(23)20-11-17(22)21-15(13-7-3-2-4-8-13)12-25-16-10-6-5-9-14(16)19/h2-10,15H,11-12H2,1H3,(H,20,23)(H,21,22)/t15-/m0/s1. The smallest absolute Gasteiger partial charge is 0.407 e. The maximum atomic E-state index is 13.7. The summed E-state index contributed by atoms with van der Waals surface area (Å²) >= 11 is 0. The van der Waals surface area contributed by atoms with E-state index in [1.165, 1.54) is 19.2 Å². The molecule has 0 spiro atoms. The van der Waals surface area contributed by atoms with Crippen LogP contribution in [-0.4, -0.2) is 32.3 Å². The number of carbonyl (C=O) groups is 2. The lowest BCUT2D eigenvalue weighted by atomic mass is 10.1. The molecule has 0 aliphatic heterocycles. The normalized spacial score (nSPS) is 11.3. The van der Waals surface area contributed by atoms with Gasteiger partial charge in [0.25, 0.3) is 0 Å². The van der Waals surface area contributed by atoms with E-state index in [9.17, 15) is 14.0 Å². The zero-order valence-corrected chi connectivity index (χ0v) is 13.7.